The van der Waals surface area contributed by atoms with Gasteiger partial charge in [0.15, 0.2) is 11.5 Å². The molecule has 20 heavy (non-hydrogen) atoms. The van der Waals surface area contributed by atoms with Gasteiger partial charge in [0.05, 0.1) is 13.2 Å². The van der Waals surface area contributed by atoms with Crippen LogP contribution in [0.4, 0.5) is 5.69 Å². The summed E-state index contributed by atoms with van der Waals surface area (Å²) in [7, 11) is 1.69. The zero-order chi connectivity index (χ0) is 13.5. The van der Waals surface area contributed by atoms with Gasteiger partial charge in [-0.1, -0.05) is 6.07 Å². The molecule has 0 saturated heterocycles. The Hall–Kier alpha value is -2.36. The second-order valence-corrected chi connectivity index (χ2v) is 5.04. The summed E-state index contributed by atoms with van der Waals surface area (Å²) in [6.45, 7) is 0.314. The summed E-state index contributed by atoms with van der Waals surface area (Å²) in [4.78, 5) is 0. The lowest BCUT2D eigenvalue weighted by Gasteiger charge is -2.12. The predicted octanol–water partition coefficient (Wildman–Crippen LogP) is 3.13. The Morgan fingerprint density at radius 1 is 1.10 bits per heavy atom. The minimum absolute atomic E-state index is 0.270. The summed E-state index contributed by atoms with van der Waals surface area (Å²) in [6.07, 6.45) is 0.951. The number of methoxy groups -OCH3 is 1. The summed E-state index contributed by atoms with van der Waals surface area (Å²) in [5.74, 6) is 2.56. The lowest BCUT2D eigenvalue weighted by Crippen LogP contribution is -2.05. The summed E-state index contributed by atoms with van der Waals surface area (Å²) in [5.41, 5.74) is 3.67. The highest BCUT2D eigenvalue weighted by Gasteiger charge is 2.24. The maximum atomic E-state index is 5.44. The molecule has 4 heteroatoms. The third-order valence-corrected chi connectivity index (χ3v) is 3.87. The molecule has 0 saturated carbocycles. The van der Waals surface area contributed by atoms with Crippen LogP contribution >= 0.6 is 0 Å². The fourth-order valence-corrected chi connectivity index (χ4v) is 2.80. The van der Waals surface area contributed by atoms with Crippen LogP contribution in [0.15, 0.2) is 36.4 Å². The average Bonchev–Trinajstić information content (AvgIpc) is 3.11. The van der Waals surface area contributed by atoms with Gasteiger partial charge < -0.3 is 19.5 Å². The van der Waals surface area contributed by atoms with E-state index in [1.165, 1.54) is 16.8 Å². The van der Waals surface area contributed by atoms with Gasteiger partial charge in [-0.3, -0.25) is 0 Å². The second kappa shape index (κ2) is 4.34. The minimum Gasteiger partial charge on any atom is -0.497 e. The van der Waals surface area contributed by atoms with Crippen molar-refractivity contribution < 1.29 is 14.2 Å². The second-order valence-electron chi connectivity index (χ2n) is 5.04. The molecule has 4 nitrogen and oxygen atoms in total. The normalized spacial score (nSPS) is 18.6. The number of nitrogens with one attached hydrogen (secondary N) is 1. The van der Waals surface area contributed by atoms with Crippen molar-refractivity contribution in [3.05, 3.63) is 47.5 Å². The third-order valence-electron chi connectivity index (χ3n) is 3.87. The highest BCUT2D eigenvalue weighted by molar-refractivity contribution is 5.61. The molecule has 2 aromatic rings. The van der Waals surface area contributed by atoms with Gasteiger partial charge in [0.1, 0.15) is 5.75 Å². The quantitative estimate of drug-likeness (QED) is 0.909. The number of benzene rings is 2. The van der Waals surface area contributed by atoms with E-state index in [1.807, 2.05) is 12.1 Å². The number of anilines is 1. The first-order valence-corrected chi connectivity index (χ1v) is 6.66. The van der Waals surface area contributed by atoms with E-state index < -0.39 is 0 Å². The fraction of sp³-hybridized carbons (Fsp3) is 0.250. The van der Waals surface area contributed by atoms with Crippen LogP contribution in [0.2, 0.25) is 0 Å². The Bertz CT molecular complexity index is 669. The highest BCUT2D eigenvalue weighted by Crippen LogP contribution is 2.40. The van der Waals surface area contributed by atoms with Crippen molar-refractivity contribution in [1.29, 1.82) is 0 Å². The van der Waals surface area contributed by atoms with Crippen LogP contribution in [0.3, 0.4) is 0 Å². The average molecular weight is 269 g/mol. The molecule has 0 bridgehead atoms. The smallest absolute Gasteiger partial charge is 0.231 e. The monoisotopic (exact) mass is 269 g/mol. The summed E-state index contributed by atoms with van der Waals surface area (Å²) in [5, 5.41) is 3.54. The topological polar surface area (TPSA) is 39.7 Å². The first kappa shape index (κ1) is 11.5. The Balaban J connectivity index is 1.63. The fourth-order valence-electron chi connectivity index (χ4n) is 2.80. The lowest BCUT2D eigenvalue weighted by atomic mass is 10.0. The van der Waals surface area contributed by atoms with Gasteiger partial charge in [0.2, 0.25) is 6.79 Å². The lowest BCUT2D eigenvalue weighted by molar-refractivity contribution is 0.174. The van der Waals surface area contributed by atoms with Gasteiger partial charge in [-0.2, -0.15) is 0 Å². The van der Waals surface area contributed by atoms with E-state index in [0.717, 1.165) is 23.7 Å². The SMILES string of the molecule is COc1ccc2c(c1)CC(c1ccc3c(c1)OCO3)N2. The molecule has 0 spiro atoms. The van der Waals surface area contributed by atoms with Crippen molar-refractivity contribution in [2.24, 2.45) is 0 Å². The third kappa shape index (κ3) is 1.76. The van der Waals surface area contributed by atoms with Gasteiger partial charge in [-0.25, -0.2) is 0 Å². The van der Waals surface area contributed by atoms with Gasteiger partial charge in [0.25, 0.3) is 0 Å². The molecule has 0 aromatic heterocycles. The molecule has 2 aliphatic rings. The zero-order valence-electron chi connectivity index (χ0n) is 11.2. The maximum absolute atomic E-state index is 5.44. The largest absolute Gasteiger partial charge is 0.497 e. The van der Waals surface area contributed by atoms with Crippen LogP contribution in [0.5, 0.6) is 17.2 Å². The van der Waals surface area contributed by atoms with Crippen LogP contribution in [-0.2, 0) is 6.42 Å². The van der Waals surface area contributed by atoms with Gasteiger partial charge in [-0.05, 0) is 47.9 Å². The summed E-state index contributed by atoms with van der Waals surface area (Å²) in [6, 6.07) is 12.5. The Morgan fingerprint density at radius 2 is 2.00 bits per heavy atom. The number of hydrogen-bond donors (Lipinski definition) is 1. The predicted molar refractivity (Wildman–Crippen MR) is 75.6 cm³/mol. The molecular formula is C16H15NO3. The molecule has 0 radical (unpaired) electrons. The molecule has 2 aliphatic heterocycles. The van der Waals surface area contributed by atoms with Crippen molar-refractivity contribution in [1.82, 2.24) is 0 Å². The highest BCUT2D eigenvalue weighted by atomic mass is 16.7. The Morgan fingerprint density at radius 3 is 2.90 bits per heavy atom. The van der Waals surface area contributed by atoms with Crippen molar-refractivity contribution in [3.8, 4) is 17.2 Å². The molecule has 4 rings (SSSR count). The Kier molecular flexibility index (Phi) is 2.49. The number of ether oxygens (including phenoxy) is 3. The number of rotatable bonds is 2. The molecule has 1 unspecified atom stereocenters. The molecule has 2 heterocycles. The molecule has 2 aromatic carbocycles. The van der Waals surface area contributed by atoms with Crippen molar-refractivity contribution in [2.45, 2.75) is 12.5 Å². The van der Waals surface area contributed by atoms with Crippen LogP contribution in [0.1, 0.15) is 17.2 Å². The molecular weight excluding hydrogens is 254 g/mol. The van der Waals surface area contributed by atoms with E-state index in [0.29, 0.717) is 6.79 Å². The molecule has 0 fully saturated rings. The first-order chi connectivity index (χ1) is 9.83. The summed E-state index contributed by atoms with van der Waals surface area (Å²) >= 11 is 0. The van der Waals surface area contributed by atoms with E-state index >= 15 is 0 Å². The van der Waals surface area contributed by atoms with E-state index in [9.17, 15) is 0 Å². The molecule has 0 aliphatic carbocycles. The van der Waals surface area contributed by atoms with Crippen LogP contribution in [0.25, 0.3) is 0 Å². The molecule has 0 amide bonds. The minimum atomic E-state index is 0.270. The van der Waals surface area contributed by atoms with E-state index in [-0.39, 0.29) is 6.04 Å². The van der Waals surface area contributed by atoms with Crippen LogP contribution < -0.4 is 19.5 Å². The maximum Gasteiger partial charge on any atom is 0.231 e. The van der Waals surface area contributed by atoms with Crippen LogP contribution in [0, 0.1) is 0 Å². The van der Waals surface area contributed by atoms with Gasteiger partial charge in [0, 0.05) is 5.69 Å². The van der Waals surface area contributed by atoms with E-state index in [4.69, 9.17) is 14.2 Å². The first-order valence-electron chi connectivity index (χ1n) is 6.66. The van der Waals surface area contributed by atoms with Crippen molar-refractivity contribution in [2.75, 3.05) is 19.2 Å². The standard InChI is InChI=1S/C16H15NO3/c1-18-12-3-4-13-11(6-12)7-14(17-13)10-2-5-15-16(8-10)20-9-19-15/h2-6,8,14,17H,7,9H2,1H3. The van der Waals surface area contributed by atoms with Gasteiger partial charge in [-0.15, -0.1) is 0 Å². The van der Waals surface area contributed by atoms with Gasteiger partial charge >= 0.3 is 0 Å². The van der Waals surface area contributed by atoms with Crippen molar-refractivity contribution >= 4 is 5.69 Å². The van der Waals surface area contributed by atoms with E-state index in [2.05, 4.69) is 29.6 Å². The molecule has 102 valence electrons. The molecule has 1 N–H and O–H groups in total. The summed E-state index contributed by atoms with van der Waals surface area (Å²) < 4.78 is 16.1. The van der Waals surface area contributed by atoms with Crippen molar-refractivity contribution in [3.63, 3.8) is 0 Å². The van der Waals surface area contributed by atoms with E-state index in [1.54, 1.807) is 7.11 Å². The zero-order valence-corrected chi connectivity index (χ0v) is 11.2. The van der Waals surface area contributed by atoms with Crippen LogP contribution in [-0.4, -0.2) is 13.9 Å². The number of hydrogen-bond acceptors (Lipinski definition) is 4. The molecule has 1 atom stereocenters. The Labute approximate surface area is 117 Å². The number of fused-ring (bicyclic) bond motifs is 2.